The zero-order valence-corrected chi connectivity index (χ0v) is 10.5. The summed E-state index contributed by atoms with van der Waals surface area (Å²) in [5, 5.41) is 12.1. The Hall–Kier alpha value is -1.56. The van der Waals surface area contributed by atoms with E-state index in [0.29, 0.717) is 10.8 Å². The number of methoxy groups -OCH3 is 1. The van der Waals surface area contributed by atoms with Crippen LogP contribution in [0, 0.1) is 5.92 Å². The first-order valence-electron chi connectivity index (χ1n) is 5.01. The summed E-state index contributed by atoms with van der Waals surface area (Å²) in [7, 11) is 1.44. The molecule has 1 rings (SSSR count). The Morgan fingerprint density at radius 2 is 2.24 bits per heavy atom. The lowest BCUT2D eigenvalue weighted by molar-refractivity contribution is -0.141. The van der Waals surface area contributed by atoms with Crippen molar-refractivity contribution in [3.63, 3.8) is 0 Å². The van der Waals surface area contributed by atoms with Crippen LogP contribution in [-0.4, -0.2) is 34.2 Å². The van der Waals surface area contributed by atoms with Crippen LogP contribution in [0.4, 0.5) is 5.82 Å². The maximum atomic E-state index is 10.8. The number of hydrogen-bond donors (Lipinski definition) is 2. The number of nitrogens with zero attached hydrogens (tertiary/aromatic N) is 2. The summed E-state index contributed by atoms with van der Waals surface area (Å²) in [6.45, 7) is 3.34. The van der Waals surface area contributed by atoms with Crippen molar-refractivity contribution in [2.75, 3.05) is 12.4 Å². The van der Waals surface area contributed by atoms with Gasteiger partial charge in [0.25, 0.3) is 0 Å². The maximum Gasteiger partial charge on any atom is 0.318 e. The van der Waals surface area contributed by atoms with E-state index in [1.165, 1.54) is 13.3 Å². The molecule has 0 spiro atoms. The second-order valence-electron chi connectivity index (χ2n) is 3.61. The van der Waals surface area contributed by atoms with Gasteiger partial charge in [0.2, 0.25) is 0 Å². The molecule has 0 aromatic carbocycles. The van der Waals surface area contributed by atoms with E-state index in [1.807, 2.05) is 0 Å². The van der Waals surface area contributed by atoms with E-state index in [9.17, 15) is 4.79 Å². The molecular formula is C10H14ClN3O3. The highest BCUT2D eigenvalue weighted by atomic mass is 35.5. The van der Waals surface area contributed by atoms with E-state index >= 15 is 0 Å². The van der Waals surface area contributed by atoms with Gasteiger partial charge in [-0.3, -0.25) is 4.79 Å². The van der Waals surface area contributed by atoms with Crippen LogP contribution >= 0.6 is 11.6 Å². The fourth-order valence-electron chi connectivity index (χ4n) is 1.11. The molecule has 0 radical (unpaired) electrons. The maximum absolute atomic E-state index is 10.8. The third-order valence-corrected chi connectivity index (χ3v) is 2.69. The third-order valence-electron chi connectivity index (χ3n) is 2.41. The van der Waals surface area contributed by atoms with Gasteiger partial charge in [0.05, 0.1) is 19.2 Å². The molecule has 7 heteroatoms. The quantitative estimate of drug-likeness (QED) is 0.837. The first-order chi connectivity index (χ1) is 7.95. The summed E-state index contributed by atoms with van der Waals surface area (Å²) in [4.78, 5) is 18.6. The van der Waals surface area contributed by atoms with E-state index in [2.05, 4.69) is 15.3 Å². The number of carboxylic acid groups (broad SMARTS) is 1. The van der Waals surface area contributed by atoms with Crippen molar-refractivity contribution < 1.29 is 14.6 Å². The minimum Gasteiger partial charge on any atom is -0.481 e. The number of ether oxygens (including phenoxy) is 1. The summed E-state index contributed by atoms with van der Waals surface area (Å²) in [6, 6.07) is -0.142. The molecule has 2 N–H and O–H groups in total. The zero-order valence-electron chi connectivity index (χ0n) is 9.77. The summed E-state index contributed by atoms with van der Waals surface area (Å²) in [6.07, 6.45) is 1.40. The Balaban J connectivity index is 2.83. The molecule has 0 aliphatic rings. The zero-order chi connectivity index (χ0) is 13.0. The monoisotopic (exact) mass is 259 g/mol. The van der Waals surface area contributed by atoms with Crippen LogP contribution in [0.1, 0.15) is 13.8 Å². The molecule has 2 atom stereocenters. The molecule has 6 nitrogen and oxygen atoms in total. The van der Waals surface area contributed by atoms with Gasteiger partial charge in [-0.25, -0.2) is 4.98 Å². The van der Waals surface area contributed by atoms with Gasteiger partial charge in [0.15, 0.2) is 5.82 Å². The standard InChI is InChI=1S/C10H14ClN3O3/c1-5(9(15)16)6(2)13-8-7(11)4-12-10(14-8)17-3/h4-6H,1-3H3,(H,15,16)(H,12,13,14). The molecule has 0 bridgehead atoms. The number of nitrogens with one attached hydrogen (secondary N) is 1. The topological polar surface area (TPSA) is 84.3 Å². The lowest BCUT2D eigenvalue weighted by Gasteiger charge is -2.18. The summed E-state index contributed by atoms with van der Waals surface area (Å²) in [5.74, 6) is -1.09. The van der Waals surface area contributed by atoms with Gasteiger partial charge < -0.3 is 15.2 Å². The second kappa shape index (κ2) is 5.67. The molecule has 0 aliphatic carbocycles. The van der Waals surface area contributed by atoms with Gasteiger partial charge in [-0.1, -0.05) is 11.6 Å². The van der Waals surface area contributed by atoms with E-state index in [-0.39, 0.29) is 12.1 Å². The van der Waals surface area contributed by atoms with Crippen LogP contribution in [0.2, 0.25) is 5.02 Å². The Morgan fingerprint density at radius 1 is 1.59 bits per heavy atom. The molecule has 1 aromatic rings. The van der Waals surface area contributed by atoms with E-state index in [4.69, 9.17) is 21.4 Å². The van der Waals surface area contributed by atoms with Crippen molar-refractivity contribution in [2.24, 2.45) is 5.92 Å². The van der Waals surface area contributed by atoms with Crippen molar-refractivity contribution in [3.05, 3.63) is 11.2 Å². The highest BCUT2D eigenvalue weighted by Crippen LogP contribution is 2.22. The van der Waals surface area contributed by atoms with Crippen LogP contribution in [0.5, 0.6) is 6.01 Å². The predicted octanol–water partition coefficient (Wildman–Crippen LogP) is 1.66. The molecule has 0 saturated heterocycles. The molecule has 0 aliphatic heterocycles. The lowest BCUT2D eigenvalue weighted by atomic mass is 10.0. The molecule has 1 heterocycles. The first kappa shape index (κ1) is 13.5. The number of carboxylic acids is 1. The molecule has 17 heavy (non-hydrogen) atoms. The van der Waals surface area contributed by atoms with Crippen molar-refractivity contribution >= 4 is 23.4 Å². The van der Waals surface area contributed by atoms with Crippen LogP contribution < -0.4 is 10.1 Å². The van der Waals surface area contributed by atoms with Gasteiger partial charge in [0.1, 0.15) is 5.02 Å². The van der Waals surface area contributed by atoms with Crippen molar-refractivity contribution in [1.82, 2.24) is 9.97 Å². The fourth-order valence-corrected chi connectivity index (χ4v) is 1.25. The Bertz CT molecular complexity index is 414. The largest absolute Gasteiger partial charge is 0.481 e. The number of halogens is 1. The minimum atomic E-state index is -0.887. The number of aromatic nitrogens is 2. The lowest BCUT2D eigenvalue weighted by Crippen LogP contribution is -2.30. The van der Waals surface area contributed by atoms with Gasteiger partial charge >= 0.3 is 12.0 Å². The van der Waals surface area contributed by atoms with E-state index < -0.39 is 11.9 Å². The molecule has 2 unspecified atom stereocenters. The Morgan fingerprint density at radius 3 is 2.76 bits per heavy atom. The van der Waals surface area contributed by atoms with Crippen LogP contribution in [0.15, 0.2) is 6.20 Å². The van der Waals surface area contributed by atoms with E-state index in [1.54, 1.807) is 13.8 Å². The second-order valence-corrected chi connectivity index (χ2v) is 4.02. The SMILES string of the molecule is COc1ncc(Cl)c(NC(C)C(C)C(=O)O)n1. The number of hydrogen-bond acceptors (Lipinski definition) is 5. The first-order valence-corrected chi connectivity index (χ1v) is 5.39. The summed E-state index contributed by atoms with van der Waals surface area (Å²) < 4.78 is 4.86. The molecule has 0 saturated carbocycles. The molecule has 0 amide bonds. The van der Waals surface area contributed by atoms with Crippen LogP contribution in [-0.2, 0) is 4.79 Å². The number of carbonyl (C=O) groups is 1. The third kappa shape index (κ3) is 3.45. The smallest absolute Gasteiger partial charge is 0.318 e. The molecule has 1 aromatic heterocycles. The highest BCUT2D eigenvalue weighted by molar-refractivity contribution is 6.32. The Kier molecular flexibility index (Phi) is 4.51. The summed E-state index contributed by atoms with van der Waals surface area (Å²) in [5.41, 5.74) is 0. The molecular weight excluding hydrogens is 246 g/mol. The number of aliphatic carboxylic acids is 1. The van der Waals surface area contributed by atoms with Gasteiger partial charge in [0, 0.05) is 6.04 Å². The fraction of sp³-hybridized carbons (Fsp3) is 0.500. The molecule has 94 valence electrons. The van der Waals surface area contributed by atoms with Gasteiger partial charge in [-0.05, 0) is 13.8 Å². The summed E-state index contributed by atoms with van der Waals surface area (Å²) >= 11 is 5.89. The van der Waals surface area contributed by atoms with Crippen LogP contribution in [0.25, 0.3) is 0 Å². The Labute approximate surface area is 104 Å². The van der Waals surface area contributed by atoms with Gasteiger partial charge in [-0.2, -0.15) is 4.98 Å². The van der Waals surface area contributed by atoms with Crippen molar-refractivity contribution in [1.29, 1.82) is 0 Å². The molecule has 0 fully saturated rings. The van der Waals surface area contributed by atoms with Crippen LogP contribution in [0.3, 0.4) is 0 Å². The average molecular weight is 260 g/mol. The van der Waals surface area contributed by atoms with E-state index in [0.717, 1.165) is 0 Å². The average Bonchev–Trinajstić information content (AvgIpc) is 2.30. The number of anilines is 1. The minimum absolute atomic E-state index is 0.173. The van der Waals surface area contributed by atoms with Crippen molar-refractivity contribution in [3.8, 4) is 6.01 Å². The normalized spacial score (nSPS) is 13.9. The number of rotatable bonds is 5. The predicted molar refractivity (Wildman–Crippen MR) is 63.5 cm³/mol. The highest BCUT2D eigenvalue weighted by Gasteiger charge is 2.20. The van der Waals surface area contributed by atoms with Crippen molar-refractivity contribution in [2.45, 2.75) is 19.9 Å². The van der Waals surface area contributed by atoms with Gasteiger partial charge in [-0.15, -0.1) is 0 Å².